The van der Waals surface area contributed by atoms with Crippen molar-refractivity contribution in [1.82, 2.24) is 19.9 Å². The van der Waals surface area contributed by atoms with Crippen LogP contribution in [0.15, 0.2) is 48.7 Å². The minimum Gasteiger partial charge on any atom is -0.480 e. The Morgan fingerprint density at radius 1 is 1.02 bits per heavy atom. The lowest BCUT2D eigenvalue weighted by Crippen LogP contribution is -2.52. The highest BCUT2D eigenvalue weighted by Gasteiger charge is 2.37. The molecule has 0 bridgehead atoms. The summed E-state index contributed by atoms with van der Waals surface area (Å²) in [6.07, 6.45) is 5.89. The van der Waals surface area contributed by atoms with Crippen molar-refractivity contribution in [2.24, 2.45) is 11.3 Å². The van der Waals surface area contributed by atoms with Gasteiger partial charge in [-0.1, -0.05) is 94.2 Å². The fourth-order valence-electron chi connectivity index (χ4n) is 7.50. The number of ether oxygens (including phenoxy) is 1. The summed E-state index contributed by atoms with van der Waals surface area (Å²) in [6, 6.07) is 13.5. The maximum Gasteiger partial charge on any atom is 0.237 e. The predicted octanol–water partition coefficient (Wildman–Crippen LogP) is 10.6. The molecule has 2 aromatic carbocycles. The van der Waals surface area contributed by atoms with E-state index in [9.17, 15) is 4.79 Å². The van der Waals surface area contributed by atoms with E-state index in [2.05, 4.69) is 59.5 Å². The molecule has 2 aromatic heterocycles. The number of rotatable bonds is 12. The van der Waals surface area contributed by atoms with E-state index in [1.165, 1.54) is 5.56 Å². The molecule has 1 aliphatic heterocycles. The molecule has 4 aromatic rings. The van der Waals surface area contributed by atoms with E-state index in [-0.39, 0.29) is 17.2 Å². The summed E-state index contributed by atoms with van der Waals surface area (Å²) < 4.78 is 12.2. The van der Waals surface area contributed by atoms with E-state index >= 15 is 0 Å². The summed E-state index contributed by atoms with van der Waals surface area (Å²) in [5, 5.41) is 1.19. The molecule has 6 rings (SSSR count). The molecule has 0 saturated carbocycles. The van der Waals surface area contributed by atoms with Crippen molar-refractivity contribution in [3.8, 4) is 28.3 Å². The van der Waals surface area contributed by atoms with E-state index in [0.717, 1.165) is 84.6 Å². The molecule has 0 spiro atoms. The van der Waals surface area contributed by atoms with Crippen LogP contribution in [0.5, 0.6) is 5.88 Å². The van der Waals surface area contributed by atoms with Gasteiger partial charge in [0.1, 0.15) is 11.4 Å². The number of carbonyl (C=O) groups excluding carboxylic acids is 1. The van der Waals surface area contributed by atoms with Crippen LogP contribution in [-0.4, -0.2) is 60.8 Å². The summed E-state index contributed by atoms with van der Waals surface area (Å²) in [5.74, 6) is 0.936. The topological polar surface area (TPSA) is 77.4 Å². The number of aromatic nitrogens is 3. The number of carbonyl (C=O) groups is 1. The van der Waals surface area contributed by atoms with Crippen LogP contribution in [0.25, 0.3) is 22.4 Å². The molecule has 7 nitrogen and oxygen atoms in total. The van der Waals surface area contributed by atoms with Crippen LogP contribution in [0.2, 0.25) is 28.2 Å². The molecule has 10 heteroatoms. The molecule has 1 fully saturated rings. The number of fused-ring (bicyclic) bond motifs is 1. The van der Waals surface area contributed by atoms with E-state index in [0.29, 0.717) is 45.2 Å². The van der Waals surface area contributed by atoms with Gasteiger partial charge in [-0.3, -0.25) is 14.7 Å². The van der Waals surface area contributed by atoms with Crippen LogP contribution in [-0.2, 0) is 30.2 Å². The summed E-state index contributed by atoms with van der Waals surface area (Å²) in [4.78, 5) is 30.7. The maximum absolute atomic E-state index is 13.8. The van der Waals surface area contributed by atoms with Crippen molar-refractivity contribution >= 4 is 37.3 Å². The lowest BCUT2D eigenvalue weighted by Gasteiger charge is -2.45. The Labute approximate surface area is 327 Å². The fraction of sp³-hybridized carbons (Fsp3) is 0.488. The molecule has 53 heavy (non-hydrogen) atoms. The number of aryl methyl sites for hydroxylation is 1. The Morgan fingerprint density at radius 3 is 2.38 bits per heavy atom. The highest BCUT2D eigenvalue weighted by Crippen LogP contribution is 2.41. The monoisotopic (exact) mass is 772 g/mol. The summed E-state index contributed by atoms with van der Waals surface area (Å²) in [5.41, 5.74) is 8.66. The number of Topliss-reactive ketones (excluding diaryl/α,β-unsaturated/α-hetero) is 1. The summed E-state index contributed by atoms with van der Waals surface area (Å²) in [6.45, 7) is 21.6. The van der Waals surface area contributed by atoms with Crippen molar-refractivity contribution in [1.29, 1.82) is 0 Å². The van der Waals surface area contributed by atoms with Gasteiger partial charge in [-0.05, 0) is 84.8 Å². The predicted molar refractivity (Wildman–Crippen MR) is 219 cm³/mol. The van der Waals surface area contributed by atoms with Crippen LogP contribution in [0.1, 0.15) is 86.0 Å². The van der Waals surface area contributed by atoms with Crippen molar-refractivity contribution in [3.63, 3.8) is 0 Å². The van der Waals surface area contributed by atoms with Gasteiger partial charge < -0.3 is 9.16 Å². The standard InChI is InChI=1S/C43H54Cl2N4O3Si/c1-27-20-35(47-34-21-28(16-17-30(27)34)18-19-52-53(8,9)42(2,3)4)38(50)22-29-12-10-13-31(39(29)44)32-14-11-15-33(40(32)45)36-23-46-37(41(48-36)51-7)24-49-25-43(5,6)26-49/h10-15,20,23,28H,16-19,21-22,24-26H2,1-9H3. The zero-order valence-electron chi connectivity index (χ0n) is 32.8. The van der Waals surface area contributed by atoms with Gasteiger partial charge in [-0.15, -0.1) is 0 Å². The van der Waals surface area contributed by atoms with Crippen LogP contribution in [0.4, 0.5) is 0 Å². The van der Waals surface area contributed by atoms with E-state index < -0.39 is 8.32 Å². The van der Waals surface area contributed by atoms with Gasteiger partial charge in [-0.2, -0.15) is 0 Å². The number of hydrogen-bond donors (Lipinski definition) is 0. The summed E-state index contributed by atoms with van der Waals surface area (Å²) in [7, 11) is -0.168. The smallest absolute Gasteiger partial charge is 0.237 e. The first-order chi connectivity index (χ1) is 25.0. The van der Waals surface area contributed by atoms with Crippen LogP contribution < -0.4 is 4.74 Å². The Bertz CT molecular complexity index is 2000. The van der Waals surface area contributed by atoms with Gasteiger partial charge in [0.25, 0.3) is 0 Å². The zero-order valence-corrected chi connectivity index (χ0v) is 35.3. The Hall–Kier alpha value is -3.14. The molecule has 2 aliphatic rings. The quantitative estimate of drug-likeness (QED) is 0.105. The third-order valence-corrected chi connectivity index (χ3v) is 16.9. The van der Waals surface area contributed by atoms with Gasteiger partial charge in [0, 0.05) is 55.0 Å². The number of nitrogens with zero attached hydrogens (tertiary/aromatic N) is 4. The van der Waals surface area contributed by atoms with Gasteiger partial charge in [0.15, 0.2) is 14.1 Å². The second-order valence-electron chi connectivity index (χ2n) is 17.3. The molecule has 1 atom stereocenters. The zero-order chi connectivity index (χ0) is 38.3. The fourth-order valence-corrected chi connectivity index (χ4v) is 9.18. The molecular weight excluding hydrogens is 719 g/mol. The molecule has 0 N–H and O–H groups in total. The first kappa shape index (κ1) is 39.5. The SMILES string of the molecule is COc1nc(-c2cccc(-c3cccc(CC(=O)c4cc(C)c5c(n4)CC(CCO[Si](C)(C)C(C)(C)C)CC5)c3Cl)c2Cl)cnc1CN1CC(C)(C)C1. The average molecular weight is 774 g/mol. The molecule has 282 valence electrons. The number of hydrogen-bond acceptors (Lipinski definition) is 7. The second-order valence-corrected chi connectivity index (χ2v) is 22.9. The van der Waals surface area contributed by atoms with Gasteiger partial charge >= 0.3 is 0 Å². The van der Waals surface area contributed by atoms with Crippen molar-refractivity contribution in [2.75, 3.05) is 26.8 Å². The van der Waals surface area contributed by atoms with Crippen LogP contribution >= 0.6 is 23.2 Å². The minimum absolute atomic E-state index is 0.0533. The number of likely N-dealkylation sites (tertiary alicyclic amines) is 1. The lowest BCUT2D eigenvalue weighted by atomic mass is 9.83. The second kappa shape index (κ2) is 15.5. The van der Waals surface area contributed by atoms with E-state index in [1.807, 2.05) is 42.5 Å². The molecule has 0 amide bonds. The number of ketones is 1. The largest absolute Gasteiger partial charge is 0.480 e. The normalized spacial score (nSPS) is 17.3. The first-order valence-corrected chi connectivity index (χ1v) is 22.5. The van der Waals surface area contributed by atoms with Gasteiger partial charge in [-0.25, -0.2) is 9.97 Å². The molecular formula is C43H54Cl2N4O3Si. The van der Waals surface area contributed by atoms with Crippen molar-refractivity contribution in [2.45, 2.75) is 98.3 Å². The van der Waals surface area contributed by atoms with Crippen LogP contribution in [0.3, 0.4) is 0 Å². The molecule has 1 unspecified atom stereocenters. The summed E-state index contributed by atoms with van der Waals surface area (Å²) >= 11 is 14.2. The highest BCUT2D eigenvalue weighted by molar-refractivity contribution is 6.74. The molecule has 3 heterocycles. The minimum atomic E-state index is -1.79. The third-order valence-electron chi connectivity index (χ3n) is 11.5. The number of methoxy groups -OCH3 is 1. The Morgan fingerprint density at radius 2 is 1.70 bits per heavy atom. The van der Waals surface area contributed by atoms with Gasteiger partial charge in [0.05, 0.1) is 29.0 Å². The average Bonchev–Trinajstić information content (AvgIpc) is 3.08. The maximum atomic E-state index is 13.8. The van der Waals surface area contributed by atoms with Crippen molar-refractivity contribution < 1.29 is 14.0 Å². The number of benzene rings is 2. The van der Waals surface area contributed by atoms with E-state index in [1.54, 1.807) is 13.3 Å². The number of halogens is 2. The third kappa shape index (κ3) is 8.73. The molecule has 1 aliphatic carbocycles. The lowest BCUT2D eigenvalue weighted by molar-refractivity contribution is 0.0225. The van der Waals surface area contributed by atoms with Crippen molar-refractivity contribution in [3.05, 3.63) is 92.5 Å². The van der Waals surface area contributed by atoms with Crippen LogP contribution in [0, 0.1) is 18.3 Å². The highest BCUT2D eigenvalue weighted by atomic mass is 35.5. The Kier molecular flexibility index (Phi) is 11.6. The van der Waals surface area contributed by atoms with Gasteiger partial charge in [0.2, 0.25) is 5.88 Å². The Balaban J connectivity index is 1.18. The van der Waals surface area contributed by atoms with E-state index in [4.69, 9.17) is 47.3 Å². The molecule has 1 saturated heterocycles. The molecule has 0 radical (unpaired) electrons. The number of pyridine rings is 1. The first-order valence-electron chi connectivity index (χ1n) is 18.8.